The lowest BCUT2D eigenvalue weighted by Gasteiger charge is -1.89. The molecular formula is C9H13NO. The number of allylic oxidation sites excluding steroid dienone is 5. The van der Waals surface area contributed by atoms with Crippen molar-refractivity contribution in [3.8, 4) is 0 Å². The van der Waals surface area contributed by atoms with Crippen molar-refractivity contribution in [2.75, 3.05) is 0 Å². The van der Waals surface area contributed by atoms with Gasteiger partial charge in [0.25, 0.3) is 0 Å². The Hall–Kier alpha value is -1.31. The number of ketones is 1. The van der Waals surface area contributed by atoms with Gasteiger partial charge < -0.3 is 5.73 Å². The van der Waals surface area contributed by atoms with Crippen LogP contribution in [0.1, 0.15) is 13.8 Å². The summed E-state index contributed by atoms with van der Waals surface area (Å²) in [6, 6.07) is 0. The molecule has 0 bridgehead atoms. The van der Waals surface area contributed by atoms with E-state index in [0.717, 1.165) is 5.57 Å². The minimum absolute atomic E-state index is 0.0950. The fourth-order valence-corrected chi connectivity index (χ4v) is 0.549. The van der Waals surface area contributed by atoms with E-state index in [2.05, 4.69) is 6.58 Å². The third-order valence-electron chi connectivity index (χ3n) is 1.06. The van der Waals surface area contributed by atoms with Gasteiger partial charge in [0.2, 0.25) is 0 Å². The second kappa shape index (κ2) is 4.50. The lowest BCUT2D eigenvalue weighted by atomic mass is 10.2. The van der Waals surface area contributed by atoms with Crippen molar-refractivity contribution in [3.05, 3.63) is 36.1 Å². The van der Waals surface area contributed by atoms with E-state index in [1.54, 1.807) is 13.0 Å². The summed E-state index contributed by atoms with van der Waals surface area (Å²) < 4.78 is 0. The monoisotopic (exact) mass is 151 g/mol. The SMILES string of the molecule is C=C/C(C)=C\C(=O)C=C(C)N. The smallest absolute Gasteiger partial charge is 0.180 e. The highest BCUT2D eigenvalue weighted by Crippen LogP contribution is 1.94. The maximum atomic E-state index is 10.9. The van der Waals surface area contributed by atoms with Gasteiger partial charge in [-0.2, -0.15) is 0 Å². The lowest BCUT2D eigenvalue weighted by molar-refractivity contribution is -0.110. The molecule has 0 atom stereocenters. The molecule has 0 aliphatic heterocycles. The molecule has 0 aliphatic carbocycles. The van der Waals surface area contributed by atoms with Crippen LogP contribution in [0, 0.1) is 0 Å². The molecular weight excluding hydrogens is 138 g/mol. The van der Waals surface area contributed by atoms with Crippen LogP contribution < -0.4 is 5.73 Å². The molecule has 0 amide bonds. The van der Waals surface area contributed by atoms with Crippen LogP contribution in [0.4, 0.5) is 0 Å². The van der Waals surface area contributed by atoms with Crippen LogP contribution in [0.15, 0.2) is 36.1 Å². The van der Waals surface area contributed by atoms with Gasteiger partial charge in [0.15, 0.2) is 5.78 Å². The van der Waals surface area contributed by atoms with E-state index < -0.39 is 0 Å². The molecule has 0 radical (unpaired) electrons. The Morgan fingerprint density at radius 3 is 2.27 bits per heavy atom. The van der Waals surface area contributed by atoms with E-state index in [-0.39, 0.29) is 5.78 Å². The first-order valence-electron chi connectivity index (χ1n) is 3.34. The molecule has 0 unspecified atom stereocenters. The van der Waals surface area contributed by atoms with Gasteiger partial charge in [-0.05, 0) is 25.5 Å². The maximum absolute atomic E-state index is 10.9. The number of hydrogen-bond donors (Lipinski definition) is 1. The first kappa shape index (κ1) is 9.69. The lowest BCUT2D eigenvalue weighted by Crippen LogP contribution is -1.96. The summed E-state index contributed by atoms with van der Waals surface area (Å²) >= 11 is 0. The summed E-state index contributed by atoms with van der Waals surface area (Å²) in [5.41, 5.74) is 6.65. The summed E-state index contributed by atoms with van der Waals surface area (Å²) in [5.74, 6) is -0.0950. The second-order valence-electron chi connectivity index (χ2n) is 2.38. The van der Waals surface area contributed by atoms with E-state index >= 15 is 0 Å². The number of nitrogens with two attached hydrogens (primary N) is 1. The Kier molecular flexibility index (Phi) is 3.96. The highest BCUT2D eigenvalue weighted by atomic mass is 16.1. The van der Waals surface area contributed by atoms with Gasteiger partial charge in [-0.1, -0.05) is 12.7 Å². The van der Waals surface area contributed by atoms with Crippen LogP contribution >= 0.6 is 0 Å². The summed E-state index contributed by atoms with van der Waals surface area (Å²) in [7, 11) is 0. The fraction of sp³-hybridized carbons (Fsp3) is 0.222. The standard InChI is InChI=1S/C9H13NO/c1-4-7(2)5-9(11)6-8(3)10/h4-6H,1,10H2,2-3H3/b7-5-,8-6?. The van der Waals surface area contributed by atoms with Crippen LogP contribution in [0.2, 0.25) is 0 Å². The van der Waals surface area contributed by atoms with Crippen LogP contribution in [-0.4, -0.2) is 5.78 Å². The van der Waals surface area contributed by atoms with Gasteiger partial charge in [0.1, 0.15) is 0 Å². The molecule has 0 aromatic rings. The minimum atomic E-state index is -0.0950. The maximum Gasteiger partial charge on any atom is 0.180 e. The molecule has 0 heterocycles. The van der Waals surface area contributed by atoms with E-state index in [1.807, 2.05) is 6.92 Å². The Labute approximate surface area is 67.1 Å². The molecule has 60 valence electrons. The van der Waals surface area contributed by atoms with E-state index in [1.165, 1.54) is 12.2 Å². The molecule has 0 aromatic heterocycles. The van der Waals surface area contributed by atoms with Gasteiger partial charge in [-0.25, -0.2) is 0 Å². The molecule has 0 saturated carbocycles. The van der Waals surface area contributed by atoms with Crippen molar-refractivity contribution < 1.29 is 4.79 Å². The van der Waals surface area contributed by atoms with Crippen molar-refractivity contribution >= 4 is 5.78 Å². The quantitative estimate of drug-likeness (QED) is 0.491. The third-order valence-corrected chi connectivity index (χ3v) is 1.06. The van der Waals surface area contributed by atoms with E-state index in [9.17, 15) is 4.79 Å². The Morgan fingerprint density at radius 2 is 1.91 bits per heavy atom. The molecule has 2 nitrogen and oxygen atoms in total. The highest BCUT2D eigenvalue weighted by Gasteiger charge is 1.90. The molecule has 0 spiro atoms. The van der Waals surface area contributed by atoms with Gasteiger partial charge in [-0.15, -0.1) is 0 Å². The van der Waals surface area contributed by atoms with Crippen LogP contribution in [0.5, 0.6) is 0 Å². The minimum Gasteiger partial charge on any atom is -0.402 e. The van der Waals surface area contributed by atoms with E-state index in [4.69, 9.17) is 5.73 Å². The Balaban J connectivity index is 4.30. The van der Waals surface area contributed by atoms with Crippen LogP contribution in [0.3, 0.4) is 0 Å². The topological polar surface area (TPSA) is 43.1 Å². The predicted octanol–water partition coefficient (Wildman–Crippen LogP) is 1.55. The van der Waals surface area contributed by atoms with Gasteiger partial charge in [0, 0.05) is 11.8 Å². The van der Waals surface area contributed by atoms with Crippen LogP contribution in [-0.2, 0) is 4.79 Å². The van der Waals surface area contributed by atoms with Crippen LogP contribution in [0.25, 0.3) is 0 Å². The largest absolute Gasteiger partial charge is 0.402 e. The number of carbonyl (C=O) groups is 1. The van der Waals surface area contributed by atoms with Crippen molar-refractivity contribution in [1.29, 1.82) is 0 Å². The zero-order chi connectivity index (χ0) is 8.85. The van der Waals surface area contributed by atoms with Gasteiger partial charge >= 0.3 is 0 Å². The van der Waals surface area contributed by atoms with Crippen molar-refractivity contribution in [3.63, 3.8) is 0 Å². The van der Waals surface area contributed by atoms with Gasteiger partial charge in [-0.3, -0.25) is 4.79 Å². The molecule has 0 saturated heterocycles. The summed E-state index contributed by atoms with van der Waals surface area (Å²) in [6.07, 6.45) is 4.49. The molecule has 11 heavy (non-hydrogen) atoms. The summed E-state index contributed by atoms with van der Waals surface area (Å²) in [5, 5.41) is 0. The van der Waals surface area contributed by atoms with Gasteiger partial charge in [0.05, 0.1) is 0 Å². The predicted molar refractivity (Wildman–Crippen MR) is 46.9 cm³/mol. The first-order valence-corrected chi connectivity index (χ1v) is 3.34. The van der Waals surface area contributed by atoms with E-state index in [0.29, 0.717) is 5.70 Å². The highest BCUT2D eigenvalue weighted by molar-refractivity contribution is 6.00. The number of rotatable bonds is 3. The number of hydrogen-bond acceptors (Lipinski definition) is 2. The second-order valence-corrected chi connectivity index (χ2v) is 2.38. The molecule has 0 aliphatic rings. The summed E-state index contributed by atoms with van der Waals surface area (Å²) in [6.45, 7) is 7.01. The number of carbonyl (C=O) groups excluding carboxylic acids is 1. The molecule has 0 aromatic carbocycles. The third kappa shape index (κ3) is 5.15. The van der Waals surface area contributed by atoms with Crippen molar-refractivity contribution in [2.45, 2.75) is 13.8 Å². The first-order chi connectivity index (χ1) is 5.06. The molecule has 0 rings (SSSR count). The van der Waals surface area contributed by atoms with Crippen molar-refractivity contribution in [2.24, 2.45) is 5.73 Å². The molecule has 2 heteroatoms. The zero-order valence-corrected chi connectivity index (χ0v) is 6.92. The van der Waals surface area contributed by atoms with Crippen molar-refractivity contribution in [1.82, 2.24) is 0 Å². The molecule has 2 N–H and O–H groups in total. The molecule has 0 fully saturated rings. The normalized spacial score (nSPS) is 12.9. The average molecular weight is 151 g/mol. The Bertz CT molecular complexity index is 220. The average Bonchev–Trinajstić information content (AvgIpc) is 1.85. The fourth-order valence-electron chi connectivity index (χ4n) is 0.549. The summed E-state index contributed by atoms with van der Waals surface area (Å²) in [4.78, 5) is 10.9. The Morgan fingerprint density at radius 1 is 1.36 bits per heavy atom. The zero-order valence-electron chi connectivity index (χ0n) is 6.92.